The van der Waals surface area contributed by atoms with Gasteiger partial charge in [-0.1, -0.05) is 73.2 Å². The van der Waals surface area contributed by atoms with Crippen molar-refractivity contribution >= 4 is 17.6 Å². The van der Waals surface area contributed by atoms with E-state index in [0.717, 1.165) is 42.5 Å². The highest BCUT2D eigenvalue weighted by atomic mass is 16.5. The summed E-state index contributed by atoms with van der Waals surface area (Å²) in [5.74, 6) is 8.32. The molecule has 8 rings (SSSR count). The molecule has 10 heteroatoms. The molecule has 1 spiro atoms. The molecule has 6 aliphatic rings. The Bertz CT molecular complexity index is 2100. The zero-order valence-electron chi connectivity index (χ0n) is 36.4. The number of Topliss-reactive ketones (excluding diaryl/α,β-unsaturated/α-hetero) is 2. The van der Waals surface area contributed by atoms with Crippen LogP contribution in [0.5, 0.6) is 11.5 Å². The largest absolute Gasteiger partial charge is 0.504 e. The second-order valence-corrected chi connectivity index (χ2v) is 19.5. The minimum absolute atomic E-state index is 0.0532. The Kier molecular flexibility index (Phi) is 13.7. The average Bonchev–Trinajstić information content (AvgIpc) is 3.76. The van der Waals surface area contributed by atoms with Crippen LogP contribution in [0, 0.1) is 46.3 Å². The summed E-state index contributed by atoms with van der Waals surface area (Å²) in [6, 6.07) is 13.6. The van der Waals surface area contributed by atoms with Crippen LogP contribution in [0.2, 0.25) is 0 Å². The van der Waals surface area contributed by atoms with Gasteiger partial charge in [0.2, 0.25) is 0 Å². The van der Waals surface area contributed by atoms with Crippen LogP contribution in [0.1, 0.15) is 119 Å². The van der Waals surface area contributed by atoms with Crippen molar-refractivity contribution in [3.05, 3.63) is 88.8 Å². The summed E-state index contributed by atoms with van der Waals surface area (Å²) in [5.41, 5.74) is 8.55. The lowest BCUT2D eigenvalue weighted by Gasteiger charge is -2.49. The Labute approximate surface area is 367 Å². The molecule has 62 heavy (non-hydrogen) atoms. The minimum Gasteiger partial charge on any atom is -0.504 e. The van der Waals surface area contributed by atoms with Gasteiger partial charge in [0.05, 0.1) is 31.2 Å². The third-order valence-electron chi connectivity index (χ3n) is 15.8. The number of piperidine rings is 1. The number of fused-ring (bicyclic) bond motifs is 2. The van der Waals surface area contributed by atoms with Crippen molar-refractivity contribution in [2.45, 2.75) is 133 Å². The molecule has 0 unspecified atom stereocenters. The van der Waals surface area contributed by atoms with Crippen LogP contribution in [0.15, 0.2) is 72.1 Å². The first kappa shape index (κ1) is 44.2. The van der Waals surface area contributed by atoms with Crippen LogP contribution in [0.25, 0.3) is 6.08 Å². The number of aryl methyl sites for hydroxylation is 1. The monoisotopic (exact) mass is 845 g/mol. The normalized spacial score (nSPS) is 31.2. The van der Waals surface area contributed by atoms with Gasteiger partial charge in [-0.05, 0) is 141 Å². The molecule has 2 aromatic carbocycles. The number of carbonyl (C=O) groups excluding carboxylic acids is 2. The van der Waals surface area contributed by atoms with E-state index in [4.69, 9.17) is 10.5 Å². The number of hydrogen-bond acceptors (Lipinski definition) is 10. The number of methoxy groups -OCH3 is 1. The molecular formula is C52H67N3O7. The molecule has 0 aromatic heterocycles. The van der Waals surface area contributed by atoms with Crippen molar-refractivity contribution in [2.24, 2.45) is 40.2 Å². The Morgan fingerprint density at radius 2 is 1.82 bits per heavy atom. The van der Waals surface area contributed by atoms with Crippen LogP contribution in [0.4, 0.5) is 0 Å². The second-order valence-electron chi connectivity index (χ2n) is 19.5. The van der Waals surface area contributed by atoms with Gasteiger partial charge in [0.1, 0.15) is 11.2 Å². The molecule has 10 nitrogen and oxygen atoms in total. The number of hydrogen-bond donors (Lipinski definition) is 7. The third kappa shape index (κ3) is 9.57. The highest BCUT2D eigenvalue weighted by molar-refractivity contribution is 5.89. The number of aliphatic hydroxyl groups is 3. The lowest BCUT2D eigenvalue weighted by Crippen LogP contribution is -2.53. The fourth-order valence-electron chi connectivity index (χ4n) is 12.2. The van der Waals surface area contributed by atoms with Gasteiger partial charge in [0, 0.05) is 43.7 Å². The van der Waals surface area contributed by atoms with Crippen molar-refractivity contribution in [3.8, 4) is 23.3 Å². The lowest BCUT2D eigenvalue weighted by atomic mass is 9.58. The van der Waals surface area contributed by atoms with E-state index in [0.29, 0.717) is 73.7 Å². The molecule has 1 saturated heterocycles. The molecule has 3 saturated carbocycles. The van der Waals surface area contributed by atoms with Gasteiger partial charge >= 0.3 is 0 Å². The van der Waals surface area contributed by atoms with E-state index in [2.05, 4.69) is 22.5 Å². The van der Waals surface area contributed by atoms with Crippen LogP contribution in [0.3, 0.4) is 0 Å². The quantitative estimate of drug-likeness (QED) is 0.115. The summed E-state index contributed by atoms with van der Waals surface area (Å²) in [6.07, 6.45) is 16.7. The predicted octanol–water partition coefficient (Wildman–Crippen LogP) is 6.61. The molecule has 10 atom stereocenters. The highest BCUT2D eigenvalue weighted by Gasteiger charge is 2.51. The van der Waals surface area contributed by atoms with E-state index >= 15 is 0 Å². The van der Waals surface area contributed by atoms with Gasteiger partial charge in [-0.2, -0.15) is 0 Å². The number of dihydropyridines is 1. The number of rotatable bonds is 12. The van der Waals surface area contributed by atoms with Gasteiger partial charge < -0.3 is 41.5 Å². The maximum atomic E-state index is 14.5. The van der Waals surface area contributed by atoms with Crippen molar-refractivity contribution in [2.75, 3.05) is 20.2 Å². The highest BCUT2D eigenvalue weighted by Crippen LogP contribution is 2.55. The molecule has 2 aromatic rings. The van der Waals surface area contributed by atoms with Crippen LogP contribution in [-0.2, 0) is 16.0 Å². The van der Waals surface area contributed by atoms with Crippen LogP contribution < -0.4 is 21.1 Å². The molecule has 2 heterocycles. The number of aliphatic hydroxyl groups excluding tert-OH is 3. The first-order valence-electron chi connectivity index (χ1n) is 23.3. The summed E-state index contributed by atoms with van der Waals surface area (Å²) in [4.78, 5) is 26.7. The van der Waals surface area contributed by atoms with Crippen molar-refractivity contribution in [1.29, 1.82) is 0 Å². The van der Waals surface area contributed by atoms with Crippen molar-refractivity contribution in [1.82, 2.24) is 10.6 Å². The number of phenols is 1. The molecular weight excluding hydrogens is 779 g/mol. The van der Waals surface area contributed by atoms with E-state index in [1.54, 1.807) is 12.1 Å². The number of ketones is 2. The number of nitrogens with one attached hydrogen (secondary N) is 2. The number of ether oxygens (including phenoxy) is 1. The standard InChI is InChI=1S/C52H67N3O7/c1-62-47-27-37-12-14-48(60)52(20-15-34(23-49(52)61)31-51(18-5-6-19-51)40-24-39-11-13-41(56)29-43(39)55-32-40)21-16-38(42(37)30-46(47)59)26-45(58)44(57)25-35(36-17-22-54-50(53)28-36)10-9-33-7-3-2-4-8-33/h2-4,7-10,17,27-28,30,34-35,38-40,43-45,49,54-55,57-59,61H,5-6,11-15,18-20,22-26,29,31-32,53H2,1H3/b10-9+/t34-,35-,38+,39+,40-,43+,44+,45-,49+,52-/m0/s1. The molecule has 2 aliphatic heterocycles. The first-order valence-corrected chi connectivity index (χ1v) is 23.3. The number of nitrogens with two attached hydrogens (primary N) is 1. The van der Waals surface area contributed by atoms with Gasteiger partial charge in [-0.3, -0.25) is 9.59 Å². The molecule has 8 N–H and O–H groups in total. The summed E-state index contributed by atoms with van der Waals surface area (Å²) < 4.78 is 5.49. The topological polar surface area (TPSA) is 174 Å². The SMILES string of the molecule is COc1cc2c(cc1O)[C@@H](C[C@H](O)[C@H](O)C[C@H](/C=C/c1ccccc1)C1=CCNC(N)=C1)C#C[C@@]1(CC[C@H](CC3([C@@H]4CN[C@@H]5CC(=O)CC[C@@H]5C4)CCCC3)C[C@H]1O)C(=O)CC2. The number of phenolic OH excluding ortho intramolecular Hbond substituents is 1. The minimum atomic E-state index is -1.25. The Morgan fingerprint density at radius 3 is 2.58 bits per heavy atom. The van der Waals surface area contributed by atoms with E-state index in [1.807, 2.05) is 54.6 Å². The zero-order chi connectivity index (χ0) is 43.4. The van der Waals surface area contributed by atoms with Gasteiger partial charge in [0.15, 0.2) is 17.3 Å². The fourth-order valence-corrected chi connectivity index (χ4v) is 12.2. The lowest BCUT2D eigenvalue weighted by molar-refractivity contribution is -0.135. The summed E-state index contributed by atoms with van der Waals surface area (Å²) in [5, 5.41) is 53.7. The van der Waals surface area contributed by atoms with Gasteiger partial charge in [0.25, 0.3) is 0 Å². The summed E-state index contributed by atoms with van der Waals surface area (Å²) >= 11 is 0. The van der Waals surface area contributed by atoms with E-state index in [9.17, 15) is 30.0 Å². The van der Waals surface area contributed by atoms with E-state index in [1.165, 1.54) is 39.2 Å². The smallest absolute Gasteiger partial charge is 0.160 e. The van der Waals surface area contributed by atoms with Crippen molar-refractivity contribution < 1.29 is 34.8 Å². The average molecular weight is 846 g/mol. The molecule has 0 amide bonds. The Balaban J connectivity index is 1.02. The molecule has 4 aliphatic carbocycles. The summed E-state index contributed by atoms with van der Waals surface area (Å²) in [7, 11) is 1.49. The van der Waals surface area contributed by atoms with Crippen molar-refractivity contribution in [3.63, 3.8) is 0 Å². The Morgan fingerprint density at radius 1 is 1.02 bits per heavy atom. The number of carbonyl (C=O) groups is 2. The maximum Gasteiger partial charge on any atom is 0.160 e. The maximum absolute atomic E-state index is 14.5. The predicted molar refractivity (Wildman–Crippen MR) is 241 cm³/mol. The van der Waals surface area contributed by atoms with Gasteiger partial charge in [-0.15, -0.1) is 0 Å². The van der Waals surface area contributed by atoms with E-state index in [-0.39, 0.29) is 53.8 Å². The third-order valence-corrected chi connectivity index (χ3v) is 15.8. The molecule has 0 bridgehead atoms. The number of aromatic hydroxyl groups is 1. The first-order chi connectivity index (χ1) is 29.9. The summed E-state index contributed by atoms with van der Waals surface area (Å²) in [6.45, 7) is 1.51. The Hall–Kier alpha value is -4.40. The van der Waals surface area contributed by atoms with E-state index < -0.39 is 29.6 Å². The fraction of sp³-hybridized carbons (Fsp3) is 0.577. The second kappa shape index (κ2) is 19.1. The van der Waals surface area contributed by atoms with Crippen LogP contribution >= 0.6 is 0 Å². The zero-order valence-corrected chi connectivity index (χ0v) is 36.4. The van der Waals surface area contributed by atoms with Gasteiger partial charge in [-0.25, -0.2) is 0 Å². The number of benzene rings is 2. The molecule has 0 radical (unpaired) electrons. The number of allylic oxidation sites excluding steroid dienone is 3. The van der Waals surface area contributed by atoms with Crippen LogP contribution in [-0.4, -0.2) is 76.5 Å². The molecule has 4 fully saturated rings. The molecule has 332 valence electrons.